The number of likely N-dealkylation sites (tertiary alicyclic amines) is 1. The van der Waals surface area contributed by atoms with Crippen LogP contribution in [0.4, 0.5) is 0 Å². The molecule has 1 atom stereocenters. The smallest absolute Gasteiger partial charge is 0.127 e. The Morgan fingerprint density at radius 3 is 2.92 bits per heavy atom. The van der Waals surface area contributed by atoms with Gasteiger partial charge in [0.05, 0.1) is 13.2 Å². The second-order valence-corrected chi connectivity index (χ2v) is 7.39. The minimum Gasteiger partial charge on any atom is -0.489 e. The third kappa shape index (κ3) is 3.77. The minimum atomic E-state index is 0.675. The number of rotatable bonds is 3. The van der Waals surface area contributed by atoms with Gasteiger partial charge in [-0.3, -0.25) is 9.80 Å². The lowest BCUT2D eigenvalue weighted by Crippen LogP contribution is -2.51. The van der Waals surface area contributed by atoms with Crippen LogP contribution in [0.2, 0.25) is 5.02 Å². The van der Waals surface area contributed by atoms with Crippen LogP contribution < -0.4 is 4.74 Å². The van der Waals surface area contributed by atoms with E-state index in [1.54, 1.807) is 0 Å². The Morgan fingerprint density at radius 2 is 2.04 bits per heavy atom. The molecule has 130 valence electrons. The number of fused-ring (bicyclic) bond motifs is 1. The third-order valence-corrected chi connectivity index (χ3v) is 5.45. The first-order chi connectivity index (χ1) is 11.8. The van der Waals surface area contributed by atoms with E-state index >= 15 is 0 Å². The molecule has 3 aliphatic heterocycles. The monoisotopic (exact) mass is 348 g/mol. The molecule has 1 aromatic carbocycles. The van der Waals surface area contributed by atoms with Gasteiger partial charge in [0, 0.05) is 42.8 Å². The van der Waals surface area contributed by atoms with Crippen molar-refractivity contribution in [3.8, 4) is 5.75 Å². The van der Waals surface area contributed by atoms with E-state index in [0.29, 0.717) is 12.6 Å². The Bertz CT molecular complexity index is 613. The van der Waals surface area contributed by atoms with Crippen LogP contribution in [0.25, 0.3) is 6.08 Å². The van der Waals surface area contributed by atoms with Gasteiger partial charge < -0.3 is 9.47 Å². The number of hydrogen-bond acceptors (Lipinski definition) is 4. The maximum atomic E-state index is 6.11. The van der Waals surface area contributed by atoms with Gasteiger partial charge in [0.1, 0.15) is 12.4 Å². The molecule has 3 aliphatic rings. The quantitative estimate of drug-likeness (QED) is 0.838. The van der Waals surface area contributed by atoms with Crippen LogP contribution >= 0.6 is 11.6 Å². The summed E-state index contributed by atoms with van der Waals surface area (Å²) in [5.41, 5.74) is 2.44. The van der Waals surface area contributed by atoms with Gasteiger partial charge in [-0.2, -0.15) is 0 Å². The molecular weight excluding hydrogens is 324 g/mol. The summed E-state index contributed by atoms with van der Waals surface area (Å²) in [6.45, 7) is 7.94. The summed E-state index contributed by atoms with van der Waals surface area (Å²) in [5, 5.41) is 0.764. The number of benzene rings is 1. The normalized spacial score (nSPS) is 25.7. The Labute approximate surface area is 149 Å². The molecule has 0 amide bonds. The summed E-state index contributed by atoms with van der Waals surface area (Å²) in [5.74, 6) is 0.938. The first kappa shape index (κ1) is 16.4. The molecule has 4 rings (SSSR count). The topological polar surface area (TPSA) is 24.9 Å². The average molecular weight is 349 g/mol. The lowest BCUT2D eigenvalue weighted by Gasteiger charge is -2.41. The van der Waals surface area contributed by atoms with Gasteiger partial charge in [-0.05, 0) is 49.2 Å². The van der Waals surface area contributed by atoms with Gasteiger partial charge in [-0.1, -0.05) is 11.6 Å². The number of nitrogens with zero attached hydrogens (tertiary/aromatic N) is 2. The fraction of sp³-hybridized carbons (Fsp3) is 0.579. The molecule has 0 aliphatic carbocycles. The number of piperidine rings is 1. The van der Waals surface area contributed by atoms with Crippen LogP contribution in [0.15, 0.2) is 23.8 Å². The fourth-order valence-electron chi connectivity index (χ4n) is 3.99. The first-order valence-corrected chi connectivity index (χ1v) is 9.32. The molecule has 0 spiro atoms. The molecule has 0 radical (unpaired) electrons. The van der Waals surface area contributed by atoms with Crippen molar-refractivity contribution < 1.29 is 9.47 Å². The second kappa shape index (κ2) is 7.44. The third-order valence-electron chi connectivity index (χ3n) is 5.21. The lowest BCUT2D eigenvalue weighted by atomic mass is 10.0. The van der Waals surface area contributed by atoms with Crippen LogP contribution in [-0.4, -0.2) is 68.4 Å². The van der Waals surface area contributed by atoms with Crippen molar-refractivity contribution in [3.63, 3.8) is 0 Å². The highest BCUT2D eigenvalue weighted by molar-refractivity contribution is 6.30. The van der Waals surface area contributed by atoms with Crippen molar-refractivity contribution in [2.24, 2.45) is 0 Å². The molecule has 0 saturated carbocycles. The molecule has 1 aromatic rings. The molecule has 0 unspecified atom stereocenters. The summed E-state index contributed by atoms with van der Waals surface area (Å²) in [6, 6.07) is 6.51. The van der Waals surface area contributed by atoms with Gasteiger partial charge in [-0.25, -0.2) is 0 Å². The van der Waals surface area contributed by atoms with Gasteiger partial charge in [-0.15, -0.1) is 0 Å². The average Bonchev–Trinajstić information content (AvgIpc) is 2.62. The molecule has 2 fully saturated rings. The zero-order valence-electron chi connectivity index (χ0n) is 14.0. The fourth-order valence-corrected chi connectivity index (χ4v) is 4.17. The SMILES string of the molecule is Clc1ccc2c(c1)C=C(CN1CCC[C@H](N3CCOCC3)C1)CO2. The van der Waals surface area contributed by atoms with Crippen molar-refractivity contribution >= 4 is 17.7 Å². The van der Waals surface area contributed by atoms with Gasteiger partial charge in [0.2, 0.25) is 0 Å². The van der Waals surface area contributed by atoms with E-state index in [1.165, 1.54) is 25.0 Å². The van der Waals surface area contributed by atoms with Crippen molar-refractivity contribution in [1.29, 1.82) is 0 Å². The second-order valence-electron chi connectivity index (χ2n) is 6.95. The van der Waals surface area contributed by atoms with E-state index in [0.717, 1.165) is 55.7 Å². The highest BCUT2D eigenvalue weighted by atomic mass is 35.5. The Kier molecular flexibility index (Phi) is 5.09. The van der Waals surface area contributed by atoms with Crippen molar-refractivity contribution in [2.45, 2.75) is 18.9 Å². The van der Waals surface area contributed by atoms with Gasteiger partial charge >= 0.3 is 0 Å². The maximum absolute atomic E-state index is 6.11. The highest BCUT2D eigenvalue weighted by Crippen LogP contribution is 2.29. The zero-order valence-corrected chi connectivity index (χ0v) is 14.8. The number of halogens is 1. The van der Waals surface area contributed by atoms with E-state index in [9.17, 15) is 0 Å². The molecule has 24 heavy (non-hydrogen) atoms. The molecular formula is C19H25ClN2O2. The van der Waals surface area contributed by atoms with Crippen LogP contribution in [0, 0.1) is 0 Å². The number of morpholine rings is 1. The molecule has 5 heteroatoms. The van der Waals surface area contributed by atoms with Crippen LogP contribution in [-0.2, 0) is 4.74 Å². The standard InChI is InChI=1S/C19H25ClN2O2/c20-17-3-4-19-16(11-17)10-15(14-24-19)12-21-5-1-2-18(13-21)22-6-8-23-9-7-22/h3-4,10-11,18H,1-2,5-9,12-14H2/t18-/m0/s1. The van der Waals surface area contributed by atoms with Crippen LogP contribution in [0.1, 0.15) is 18.4 Å². The predicted octanol–water partition coefficient (Wildman–Crippen LogP) is 2.91. The summed E-state index contributed by atoms with van der Waals surface area (Å²) in [4.78, 5) is 5.19. The van der Waals surface area contributed by atoms with E-state index < -0.39 is 0 Å². The zero-order chi connectivity index (χ0) is 16.4. The van der Waals surface area contributed by atoms with Crippen molar-refractivity contribution in [3.05, 3.63) is 34.4 Å². The number of ether oxygens (including phenoxy) is 2. The summed E-state index contributed by atoms with van der Waals surface area (Å²) >= 11 is 6.11. The largest absolute Gasteiger partial charge is 0.489 e. The van der Waals surface area contributed by atoms with Gasteiger partial charge in [0.25, 0.3) is 0 Å². The van der Waals surface area contributed by atoms with E-state index in [-0.39, 0.29) is 0 Å². The molecule has 4 nitrogen and oxygen atoms in total. The minimum absolute atomic E-state index is 0.675. The summed E-state index contributed by atoms with van der Waals surface area (Å²) < 4.78 is 11.4. The molecule has 0 N–H and O–H groups in total. The molecule has 0 bridgehead atoms. The Morgan fingerprint density at radius 1 is 1.17 bits per heavy atom. The van der Waals surface area contributed by atoms with Crippen molar-refractivity contribution in [1.82, 2.24) is 9.80 Å². The Balaban J connectivity index is 1.40. The first-order valence-electron chi connectivity index (χ1n) is 8.94. The van der Waals surface area contributed by atoms with E-state index in [1.807, 2.05) is 18.2 Å². The highest BCUT2D eigenvalue weighted by Gasteiger charge is 2.27. The summed E-state index contributed by atoms with van der Waals surface area (Å²) in [6.07, 6.45) is 4.84. The van der Waals surface area contributed by atoms with Gasteiger partial charge in [0.15, 0.2) is 0 Å². The Hall–Kier alpha value is -1.07. The maximum Gasteiger partial charge on any atom is 0.127 e. The van der Waals surface area contributed by atoms with Crippen molar-refractivity contribution in [2.75, 3.05) is 52.5 Å². The molecule has 3 heterocycles. The summed E-state index contributed by atoms with van der Waals surface area (Å²) in [7, 11) is 0. The van der Waals surface area contributed by atoms with Crippen LogP contribution in [0.3, 0.4) is 0 Å². The molecule has 0 aromatic heterocycles. The van der Waals surface area contributed by atoms with Crippen LogP contribution in [0.5, 0.6) is 5.75 Å². The number of hydrogen-bond donors (Lipinski definition) is 0. The van der Waals surface area contributed by atoms with E-state index in [4.69, 9.17) is 21.1 Å². The lowest BCUT2D eigenvalue weighted by molar-refractivity contribution is -0.00163. The molecule has 2 saturated heterocycles. The van der Waals surface area contributed by atoms with E-state index in [2.05, 4.69) is 15.9 Å². The predicted molar refractivity (Wildman–Crippen MR) is 96.8 cm³/mol.